The van der Waals surface area contributed by atoms with Gasteiger partial charge in [-0.15, -0.1) is 0 Å². The van der Waals surface area contributed by atoms with Crippen LogP contribution in [0.2, 0.25) is 0 Å². The predicted octanol–water partition coefficient (Wildman–Crippen LogP) is 0.693. The Morgan fingerprint density at radius 1 is 1.19 bits per heavy atom. The predicted molar refractivity (Wildman–Crippen MR) is 58.8 cm³/mol. The maximum atomic E-state index is 10.6. The number of benzene rings is 1. The lowest BCUT2D eigenvalue weighted by molar-refractivity contribution is -0.116. The van der Waals surface area contributed by atoms with E-state index in [9.17, 15) is 9.59 Å². The summed E-state index contributed by atoms with van der Waals surface area (Å²) in [5, 5.41) is 0. The first-order valence-corrected chi connectivity index (χ1v) is 4.67. The average Bonchev–Trinajstić information content (AvgIpc) is 2.30. The van der Waals surface area contributed by atoms with Gasteiger partial charge in [-0.05, 0) is 18.2 Å². The van der Waals surface area contributed by atoms with Crippen molar-refractivity contribution in [1.29, 1.82) is 0 Å². The molecule has 16 heavy (non-hydrogen) atoms. The Labute approximate surface area is 91.3 Å². The van der Waals surface area contributed by atoms with Gasteiger partial charge in [-0.2, -0.15) is 0 Å². The third-order valence-electron chi connectivity index (χ3n) is 2.22. The van der Waals surface area contributed by atoms with E-state index < -0.39 is 5.92 Å². The highest BCUT2D eigenvalue weighted by Crippen LogP contribution is 2.16. The van der Waals surface area contributed by atoms with Crippen molar-refractivity contribution in [1.82, 2.24) is 9.97 Å². The van der Waals surface area contributed by atoms with E-state index >= 15 is 0 Å². The summed E-state index contributed by atoms with van der Waals surface area (Å²) in [5.41, 5.74) is 7.76. The summed E-state index contributed by atoms with van der Waals surface area (Å²) < 4.78 is 0. The molecule has 0 atom stereocenters. The topological polar surface area (TPSA) is 85.9 Å². The first-order chi connectivity index (χ1) is 7.74. The summed E-state index contributed by atoms with van der Waals surface area (Å²) in [6, 6.07) is 5.10. The Balaban J connectivity index is 2.57. The molecule has 0 aliphatic carbocycles. The number of rotatable bonds is 3. The first kappa shape index (κ1) is 10.2. The number of aldehydes is 2. The second-order valence-electron chi connectivity index (χ2n) is 3.34. The van der Waals surface area contributed by atoms with Gasteiger partial charge in [0.1, 0.15) is 18.5 Å². The Bertz CT molecular complexity index is 546. The lowest BCUT2D eigenvalue weighted by Crippen LogP contribution is -2.05. The molecular weight excluding hydrogens is 206 g/mol. The number of carbonyl (C=O) groups is 2. The standard InChI is InChI=1S/C11H9N3O2/c12-8-1-2-9-10(3-8)14-11(4-13-9)7(5-15)6-16/h1-7H,12H2. The number of nitrogens with two attached hydrogens (primary N) is 1. The van der Waals surface area contributed by atoms with Crippen molar-refractivity contribution >= 4 is 29.3 Å². The van der Waals surface area contributed by atoms with Crippen LogP contribution in [0, 0.1) is 0 Å². The van der Waals surface area contributed by atoms with Crippen molar-refractivity contribution in [3.63, 3.8) is 0 Å². The van der Waals surface area contributed by atoms with Gasteiger partial charge in [-0.25, -0.2) is 4.98 Å². The van der Waals surface area contributed by atoms with Crippen molar-refractivity contribution in [3.05, 3.63) is 30.1 Å². The van der Waals surface area contributed by atoms with Gasteiger partial charge in [0.15, 0.2) is 0 Å². The number of aromatic nitrogens is 2. The smallest absolute Gasteiger partial charge is 0.136 e. The average molecular weight is 215 g/mol. The van der Waals surface area contributed by atoms with Crippen molar-refractivity contribution < 1.29 is 9.59 Å². The second-order valence-corrected chi connectivity index (χ2v) is 3.34. The van der Waals surface area contributed by atoms with Gasteiger partial charge in [0, 0.05) is 5.69 Å². The first-order valence-electron chi connectivity index (χ1n) is 4.67. The zero-order valence-electron chi connectivity index (χ0n) is 8.33. The lowest BCUT2D eigenvalue weighted by atomic mass is 10.1. The van der Waals surface area contributed by atoms with Gasteiger partial charge in [0.05, 0.1) is 22.9 Å². The van der Waals surface area contributed by atoms with E-state index in [4.69, 9.17) is 5.73 Å². The van der Waals surface area contributed by atoms with Crippen LogP contribution in [0.1, 0.15) is 11.6 Å². The summed E-state index contributed by atoms with van der Waals surface area (Å²) in [7, 11) is 0. The minimum absolute atomic E-state index is 0.336. The number of nitrogens with zero attached hydrogens (tertiary/aromatic N) is 2. The fraction of sp³-hybridized carbons (Fsp3) is 0.0909. The van der Waals surface area contributed by atoms with Crippen LogP contribution < -0.4 is 5.73 Å². The molecule has 2 aromatic rings. The largest absolute Gasteiger partial charge is 0.399 e. The molecule has 0 unspecified atom stereocenters. The number of hydrogen-bond donors (Lipinski definition) is 1. The molecule has 1 aromatic heterocycles. The number of hydrogen-bond acceptors (Lipinski definition) is 5. The minimum Gasteiger partial charge on any atom is -0.399 e. The summed E-state index contributed by atoms with van der Waals surface area (Å²) in [5.74, 6) is -0.863. The Kier molecular flexibility index (Phi) is 2.59. The molecule has 2 rings (SSSR count). The highest BCUT2D eigenvalue weighted by Gasteiger charge is 2.11. The van der Waals surface area contributed by atoms with E-state index in [1.165, 1.54) is 6.20 Å². The Morgan fingerprint density at radius 2 is 1.94 bits per heavy atom. The highest BCUT2D eigenvalue weighted by atomic mass is 16.1. The van der Waals surface area contributed by atoms with Gasteiger partial charge in [-0.3, -0.25) is 4.98 Å². The van der Waals surface area contributed by atoms with Gasteiger partial charge in [0.25, 0.3) is 0 Å². The number of carbonyl (C=O) groups excluding carboxylic acids is 2. The maximum absolute atomic E-state index is 10.6. The fourth-order valence-corrected chi connectivity index (χ4v) is 1.37. The van der Waals surface area contributed by atoms with Gasteiger partial charge < -0.3 is 15.3 Å². The summed E-state index contributed by atoms with van der Waals surface area (Å²) >= 11 is 0. The van der Waals surface area contributed by atoms with Gasteiger partial charge in [-0.1, -0.05) is 0 Å². The van der Waals surface area contributed by atoms with E-state index in [-0.39, 0.29) is 0 Å². The summed E-state index contributed by atoms with van der Waals surface area (Å²) in [6.45, 7) is 0. The summed E-state index contributed by atoms with van der Waals surface area (Å²) in [6.07, 6.45) is 2.50. The maximum Gasteiger partial charge on any atom is 0.136 e. The molecule has 80 valence electrons. The van der Waals surface area contributed by atoms with Gasteiger partial charge in [0.2, 0.25) is 0 Å². The van der Waals surface area contributed by atoms with Crippen LogP contribution in [-0.2, 0) is 9.59 Å². The molecule has 0 spiro atoms. The van der Waals surface area contributed by atoms with Crippen LogP contribution in [0.4, 0.5) is 5.69 Å². The Morgan fingerprint density at radius 3 is 2.62 bits per heavy atom. The van der Waals surface area contributed by atoms with E-state index in [0.717, 1.165) is 0 Å². The van der Waals surface area contributed by atoms with Crippen molar-refractivity contribution in [2.24, 2.45) is 0 Å². The molecule has 0 fully saturated rings. The molecule has 0 saturated carbocycles. The molecule has 0 aliphatic rings. The van der Waals surface area contributed by atoms with Crippen LogP contribution in [0.3, 0.4) is 0 Å². The lowest BCUT2D eigenvalue weighted by Gasteiger charge is -2.03. The number of nitrogen functional groups attached to an aromatic ring is 1. The Hall–Kier alpha value is -2.30. The van der Waals surface area contributed by atoms with E-state index in [1.807, 2.05) is 0 Å². The number of anilines is 1. The quantitative estimate of drug-likeness (QED) is 0.462. The molecule has 5 heteroatoms. The van der Waals surface area contributed by atoms with Crippen molar-refractivity contribution in [2.75, 3.05) is 5.73 Å². The third-order valence-corrected chi connectivity index (χ3v) is 2.22. The van der Waals surface area contributed by atoms with Crippen LogP contribution in [0.5, 0.6) is 0 Å². The van der Waals surface area contributed by atoms with Crippen molar-refractivity contribution in [2.45, 2.75) is 5.92 Å². The van der Waals surface area contributed by atoms with Crippen LogP contribution >= 0.6 is 0 Å². The number of fused-ring (bicyclic) bond motifs is 1. The van der Waals surface area contributed by atoms with Crippen molar-refractivity contribution in [3.8, 4) is 0 Å². The van der Waals surface area contributed by atoms with Crippen LogP contribution in [-0.4, -0.2) is 22.5 Å². The summed E-state index contributed by atoms with van der Waals surface area (Å²) in [4.78, 5) is 29.5. The van der Waals surface area contributed by atoms with E-state index in [2.05, 4.69) is 9.97 Å². The zero-order chi connectivity index (χ0) is 11.5. The van der Waals surface area contributed by atoms with E-state index in [1.54, 1.807) is 18.2 Å². The minimum atomic E-state index is -0.863. The fourth-order valence-electron chi connectivity index (χ4n) is 1.37. The van der Waals surface area contributed by atoms with Crippen LogP contribution in [0.15, 0.2) is 24.4 Å². The molecule has 0 amide bonds. The normalized spacial score (nSPS) is 10.6. The zero-order valence-corrected chi connectivity index (χ0v) is 8.33. The molecule has 1 heterocycles. The molecule has 1 aromatic carbocycles. The van der Waals surface area contributed by atoms with E-state index in [0.29, 0.717) is 35.0 Å². The molecule has 0 radical (unpaired) electrons. The molecule has 5 nitrogen and oxygen atoms in total. The molecule has 0 saturated heterocycles. The third kappa shape index (κ3) is 1.75. The highest BCUT2D eigenvalue weighted by molar-refractivity contribution is 5.85. The second kappa shape index (κ2) is 4.06. The molecule has 0 aliphatic heterocycles. The SMILES string of the molecule is Nc1ccc2ncc(C(C=O)C=O)nc2c1. The van der Waals surface area contributed by atoms with Crippen LogP contribution in [0.25, 0.3) is 11.0 Å². The molecular formula is C11H9N3O2. The molecule has 2 N–H and O–H groups in total. The van der Waals surface area contributed by atoms with Gasteiger partial charge >= 0.3 is 0 Å². The monoisotopic (exact) mass is 215 g/mol. The molecule has 0 bridgehead atoms.